The number of nitrogens with zero attached hydrogens (tertiary/aromatic N) is 7. The molecule has 5 rings (SSSR count). The van der Waals surface area contributed by atoms with Gasteiger partial charge in [0, 0.05) is 12.5 Å². The lowest BCUT2D eigenvalue weighted by atomic mass is 10.1. The van der Waals surface area contributed by atoms with Crippen molar-refractivity contribution >= 4 is 28.2 Å². The predicted octanol–water partition coefficient (Wildman–Crippen LogP) is 2.63. The molecular formula is C24H26N8O3S. The molecular weight excluding hydrogens is 480 g/mol. The van der Waals surface area contributed by atoms with E-state index < -0.39 is 11.2 Å². The molecule has 0 amide bonds. The molecule has 1 atom stereocenters. The molecule has 1 fully saturated rings. The molecule has 12 heteroatoms. The van der Waals surface area contributed by atoms with Crippen LogP contribution in [0.25, 0.3) is 22.6 Å². The molecule has 4 aromatic rings. The van der Waals surface area contributed by atoms with E-state index in [0.717, 1.165) is 18.5 Å². The summed E-state index contributed by atoms with van der Waals surface area (Å²) in [5.41, 5.74) is 2.30. The maximum absolute atomic E-state index is 13.4. The van der Waals surface area contributed by atoms with Gasteiger partial charge in [0.2, 0.25) is 5.88 Å². The Kier molecular flexibility index (Phi) is 6.54. The first-order chi connectivity index (χ1) is 17.3. The summed E-state index contributed by atoms with van der Waals surface area (Å²) >= 11 is -1.11. The van der Waals surface area contributed by atoms with Gasteiger partial charge < -0.3 is 15.0 Å². The number of anilines is 1. The summed E-state index contributed by atoms with van der Waals surface area (Å²) in [7, 11) is 0. The Balaban J connectivity index is 1.54. The van der Waals surface area contributed by atoms with Gasteiger partial charge in [0.1, 0.15) is 23.7 Å². The van der Waals surface area contributed by atoms with Gasteiger partial charge in [-0.1, -0.05) is 13.8 Å². The molecule has 11 nitrogen and oxygen atoms in total. The summed E-state index contributed by atoms with van der Waals surface area (Å²) in [4.78, 5) is 40.2. The van der Waals surface area contributed by atoms with Crippen molar-refractivity contribution in [1.82, 2.24) is 34.5 Å². The Bertz CT molecular complexity index is 1470. The van der Waals surface area contributed by atoms with Crippen molar-refractivity contribution in [3.05, 3.63) is 52.6 Å². The zero-order valence-electron chi connectivity index (χ0n) is 20.2. The zero-order valence-corrected chi connectivity index (χ0v) is 21.0. The van der Waals surface area contributed by atoms with E-state index in [2.05, 4.69) is 35.2 Å². The van der Waals surface area contributed by atoms with E-state index in [0.29, 0.717) is 33.9 Å². The van der Waals surface area contributed by atoms with Gasteiger partial charge in [-0.2, -0.15) is 0 Å². The average Bonchev–Trinajstić information content (AvgIpc) is 3.70. The maximum Gasteiger partial charge on any atom is 0.294 e. The van der Waals surface area contributed by atoms with Crippen molar-refractivity contribution in [2.75, 3.05) is 11.6 Å². The van der Waals surface area contributed by atoms with Gasteiger partial charge in [0.15, 0.2) is 22.2 Å². The number of rotatable bonds is 8. The molecule has 2 N–H and O–H groups in total. The predicted molar refractivity (Wildman–Crippen MR) is 135 cm³/mol. The molecule has 0 aromatic carbocycles. The SMILES string of the molecule is CC(C)Cn1c(=O)c(NCc2ccc([S+](C)[O-])cn2)nc2cnc(-c3c(O)ncnc3C3CC3)nc21. The van der Waals surface area contributed by atoms with Crippen LogP contribution in [-0.2, 0) is 24.3 Å². The monoisotopic (exact) mass is 506 g/mol. The second-order valence-electron chi connectivity index (χ2n) is 9.20. The second kappa shape index (κ2) is 9.78. The number of nitrogens with one attached hydrogen (secondary N) is 1. The highest BCUT2D eigenvalue weighted by Gasteiger charge is 2.31. The summed E-state index contributed by atoms with van der Waals surface area (Å²) in [5, 5.41) is 13.6. The normalized spacial score (nSPS) is 14.4. The topological polar surface area (TPSA) is 155 Å². The second-order valence-corrected chi connectivity index (χ2v) is 10.6. The summed E-state index contributed by atoms with van der Waals surface area (Å²) in [6.45, 7) is 4.72. The van der Waals surface area contributed by atoms with E-state index in [1.54, 1.807) is 35.3 Å². The zero-order chi connectivity index (χ0) is 25.4. The maximum atomic E-state index is 13.4. The van der Waals surface area contributed by atoms with Gasteiger partial charge in [-0.3, -0.25) is 14.3 Å². The highest BCUT2D eigenvalue weighted by Crippen LogP contribution is 2.44. The van der Waals surface area contributed by atoms with E-state index in [1.165, 1.54) is 6.33 Å². The summed E-state index contributed by atoms with van der Waals surface area (Å²) in [6, 6.07) is 3.51. The van der Waals surface area contributed by atoms with Crippen LogP contribution < -0.4 is 10.9 Å². The lowest BCUT2D eigenvalue weighted by Crippen LogP contribution is -2.28. The van der Waals surface area contributed by atoms with Crippen molar-refractivity contribution in [2.45, 2.75) is 50.6 Å². The van der Waals surface area contributed by atoms with E-state index in [9.17, 15) is 14.5 Å². The highest BCUT2D eigenvalue weighted by molar-refractivity contribution is 7.90. The lowest BCUT2D eigenvalue weighted by Gasteiger charge is -2.15. The molecule has 186 valence electrons. The summed E-state index contributed by atoms with van der Waals surface area (Å²) in [6.07, 6.45) is 8.01. The molecule has 1 aliphatic rings. The fourth-order valence-corrected chi connectivity index (χ4v) is 4.40. The van der Waals surface area contributed by atoms with Gasteiger partial charge in [-0.05, 0) is 42.1 Å². The van der Waals surface area contributed by atoms with Gasteiger partial charge in [-0.25, -0.2) is 24.9 Å². The Morgan fingerprint density at radius 3 is 2.64 bits per heavy atom. The van der Waals surface area contributed by atoms with Crippen LogP contribution in [0.2, 0.25) is 0 Å². The first kappa shape index (κ1) is 24.1. The van der Waals surface area contributed by atoms with E-state index in [4.69, 9.17) is 0 Å². The Hall–Kier alpha value is -3.64. The van der Waals surface area contributed by atoms with Gasteiger partial charge >= 0.3 is 0 Å². The molecule has 0 aliphatic heterocycles. The van der Waals surface area contributed by atoms with Crippen LogP contribution in [0.1, 0.15) is 44.0 Å². The van der Waals surface area contributed by atoms with Crippen LogP contribution in [0.3, 0.4) is 0 Å². The number of aromatic hydroxyl groups is 1. The Morgan fingerprint density at radius 2 is 1.97 bits per heavy atom. The largest absolute Gasteiger partial charge is 0.612 e. The van der Waals surface area contributed by atoms with Crippen molar-refractivity contribution < 1.29 is 9.66 Å². The van der Waals surface area contributed by atoms with Gasteiger partial charge in [0.05, 0.1) is 30.3 Å². The van der Waals surface area contributed by atoms with Crippen LogP contribution in [0.4, 0.5) is 5.82 Å². The third kappa shape index (κ3) is 4.86. The molecule has 1 aliphatic carbocycles. The Morgan fingerprint density at radius 1 is 1.17 bits per heavy atom. The molecule has 36 heavy (non-hydrogen) atoms. The minimum absolute atomic E-state index is 0.161. The number of fused-ring (bicyclic) bond motifs is 1. The van der Waals surface area contributed by atoms with Crippen LogP contribution in [-0.4, -0.2) is 50.4 Å². The van der Waals surface area contributed by atoms with Crippen LogP contribution in [0.5, 0.6) is 5.88 Å². The highest BCUT2D eigenvalue weighted by atomic mass is 32.2. The summed E-state index contributed by atoms with van der Waals surface area (Å²) in [5.74, 6) is 0.657. The van der Waals surface area contributed by atoms with E-state index >= 15 is 0 Å². The number of aromatic nitrogens is 7. The number of hydrogen-bond acceptors (Lipinski definition) is 10. The van der Waals surface area contributed by atoms with Crippen molar-refractivity contribution in [1.29, 1.82) is 0 Å². The standard InChI is InChI=1S/C24H26N8O3S/c1-13(2)11-32-22-17(10-27-20(31-22)18-19(14-4-5-14)28-12-29-23(18)33)30-21(24(32)34)26-8-15-6-7-16(9-25-15)36(3)35/h6-7,9-10,12-14H,4-5,8,11H2,1-3H3,(H,26,30)(H,28,29,33). The fourth-order valence-electron chi connectivity index (χ4n) is 3.94. The van der Waals surface area contributed by atoms with Crippen molar-refractivity contribution in [3.8, 4) is 17.3 Å². The first-order valence-electron chi connectivity index (χ1n) is 11.7. The smallest absolute Gasteiger partial charge is 0.294 e. The van der Waals surface area contributed by atoms with Crippen molar-refractivity contribution in [3.63, 3.8) is 0 Å². The Labute approximate surface area is 210 Å². The molecule has 0 bridgehead atoms. The lowest BCUT2D eigenvalue weighted by molar-refractivity contribution is 0.452. The molecule has 4 heterocycles. The first-order valence-corrected chi connectivity index (χ1v) is 13.2. The third-order valence-electron chi connectivity index (χ3n) is 5.84. The molecule has 0 spiro atoms. The number of pyridine rings is 1. The fraction of sp³-hybridized carbons (Fsp3) is 0.375. The van der Waals surface area contributed by atoms with Gasteiger partial charge in [-0.15, -0.1) is 0 Å². The van der Waals surface area contributed by atoms with Crippen LogP contribution in [0, 0.1) is 5.92 Å². The van der Waals surface area contributed by atoms with Gasteiger partial charge in [0.25, 0.3) is 5.56 Å². The van der Waals surface area contributed by atoms with Crippen molar-refractivity contribution in [2.24, 2.45) is 5.92 Å². The molecule has 1 saturated carbocycles. The molecule has 4 aromatic heterocycles. The molecule has 0 saturated heterocycles. The van der Waals surface area contributed by atoms with E-state index in [1.807, 2.05) is 13.8 Å². The molecule has 0 radical (unpaired) electrons. The average molecular weight is 507 g/mol. The third-order valence-corrected chi connectivity index (χ3v) is 6.75. The van der Waals surface area contributed by atoms with Crippen LogP contribution in [0.15, 0.2) is 40.5 Å². The minimum atomic E-state index is -1.11. The quantitative estimate of drug-likeness (QED) is 0.341. The summed E-state index contributed by atoms with van der Waals surface area (Å²) < 4.78 is 13.2. The number of hydrogen-bond donors (Lipinski definition) is 2. The van der Waals surface area contributed by atoms with Crippen LogP contribution >= 0.6 is 0 Å². The minimum Gasteiger partial charge on any atom is -0.612 e. The molecule has 1 unspecified atom stereocenters. The van der Waals surface area contributed by atoms with E-state index in [-0.39, 0.29) is 41.5 Å².